The summed E-state index contributed by atoms with van der Waals surface area (Å²) in [4.78, 5) is 15.4. The molecule has 0 saturated carbocycles. The van der Waals surface area contributed by atoms with Gasteiger partial charge in [0.2, 0.25) is 11.7 Å². The van der Waals surface area contributed by atoms with Crippen LogP contribution in [0.15, 0.2) is 27.2 Å². The van der Waals surface area contributed by atoms with E-state index in [0.29, 0.717) is 16.7 Å². The number of hydrogen-bond acceptors (Lipinski definition) is 4. The van der Waals surface area contributed by atoms with Crippen molar-refractivity contribution in [2.45, 2.75) is 19.8 Å². The summed E-state index contributed by atoms with van der Waals surface area (Å²) in [6.45, 7) is 3.23. The minimum Gasteiger partial charge on any atom is -0.338 e. The zero-order valence-electron chi connectivity index (χ0n) is 9.78. The molecule has 1 unspecified atom stereocenters. The molecule has 0 aliphatic heterocycles. The maximum absolute atomic E-state index is 11.2. The number of benzene rings is 1. The topological polar surface area (TPSA) is 56.0 Å². The number of aromatic nitrogens is 2. The molecule has 1 heterocycles. The van der Waals surface area contributed by atoms with Crippen LogP contribution in [0.4, 0.5) is 0 Å². The number of hydrogen-bond donors (Lipinski definition) is 0. The monoisotopic (exact) mass is 328 g/mol. The Bertz CT molecular complexity index is 598. The summed E-state index contributed by atoms with van der Waals surface area (Å²) in [7, 11) is 0. The molecule has 94 valence electrons. The molecule has 2 rings (SSSR count). The second kappa shape index (κ2) is 5.20. The van der Waals surface area contributed by atoms with Crippen LogP contribution in [-0.2, 0) is 4.79 Å². The molecule has 0 radical (unpaired) electrons. The molecule has 4 nitrogen and oxygen atoms in total. The summed E-state index contributed by atoms with van der Waals surface area (Å²) in [6.07, 6.45) is 0. The molecule has 0 N–H and O–H groups in total. The minimum absolute atomic E-state index is 0.0116. The third kappa shape index (κ3) is 2.62. The number of nitrogens with zero attached hydrogens (tertiary/aromatic N) is 2. The van der Waals surface area contributed by atoms with Crippen molar-refractivity contribution in [2.24, 2.45) is 0 Å². The molecule has 0 amide bonds. The first-order valence-corrected chi connectivity index (χ1v) is 6.45. The second-order valence-corrected chi connectivity index (χ2v) is 5.18. The van der Waals surface area contributed by atoms with Crippen LogP contribution in [0.25, 0.3) is 11.4 Å². The summed E-state index contributed by atoms with van der Waals surface area (Å²) in [5, 5.41) is 4.47. The van der Waals surface area contributed by atoms with Crippen molar-refractivity contribution in [1.29, 1.82) is 0 Å². The van der Waals surface area contributed by atoms with Gasteiger partial charge in [0.15, 0.2) is 0 Å². The molecule has 6 heteroatoms. The Morgan fingerprint density at radius 2 is 2.22 bits per heavy atom. The molecule has 1 atom stereocenters. The largest absolute Gasteiger partial charge is 0.338 e. The first-order valence-electron chi connectivity index (χ1n) is 5.28. The molecule has 2 aromatic rings. The van der Waals surface area contributed by atoms with Crippen LogP contribution in [0.5, 0.6) is 0 Å². The van der Waals surface area contributed by atoms with Gasteiger partial charge in [0.05, 0.1) is 10.9 Å². The van der Waals surface area contributed by atoms with E-state index in [4.69, 9.17) is 16.1 Å². The molecule has 0 aliphatic carbocycles. The highest BCUT2D eigenvalue weighted by atomic mass is 79.9. The molecular formula is C12H10BrClN2O2. The lowest BCUT2D eigenvalue weighted by molar-refractivity contribution is -0.118. The van der Waals surface area contributed by atoms with Gasteiger partial charge in [0.25, 0.3) is 0 Å². The van der Waals surface area contributed by atoms with Crippen molar-refractivity contribution < 1.29 is 9.32 Å². The maximum Gasteiger partial charge on any atom is 0.237 e. The first kappa shape index (κ1) is 13.2. The van der Waals surface area contributed by atoms with Crippen molar-refractivity contribution in [2.75, 3.05) is 0 Å². The molecule has 18 heavy (non-hydrogen) atoms. The zero-order chi connectivity index (χ0) is 13.3. The first-order chi connectivity index (χ1) is 8.49. The van der Waals surface area contributed by atoms with Gasteiger partial charge in [0, 0.05) is 10.0 Å². The third-order valence-corrected chi connectivity index (χ3v) is 3.81. The summed E-state index contributed by atoms with van der Waals surface area (Å²) < 4.78 is 5.84. The van der Waals surface area contributed by atoms with Crippen LogP contribution in [0.2, 0.25) is 5.02 Å². The highest BCUT2D eigenvalue weighted by Gasteiger charge is 2.19. The minimum atomic E-state index is -0.387. The van der Waals surface area contributed by atoms with E-state index in [0.717, 1.165) is 10.0 Å². The third-order valence-electron chi connectivity index (χ3n) is 2.60. The quantitative estimate of drug-likeness (QED) is 0.858. The van der Waals surface area contributed by atoms with E-state index in [9.17, 15) is 4.79 Å². The van der Waals surface area contributed by atoms with Crippen molar-refractivity contribution in [3.05, 3.63) is 33.6 Å². The Balaban J connectivity index is 2.35. The van der Waals surface area contributed by atoms with Gasteiger partial charge in [-0.3, -0.25) is 4.79 Å². The Labute approximate surface area is 117 Å². The number of rotatable bonds is 3. The Morgan fingerprint density at radius 3 is 2.83 bits per heavy atom. The van der Waals surface area contributed by atoms with Crippen molar-refractivity contribution >= 4 is 33.3 Å². The Kier molecular flexibility index (Phi) is 3.82. The molecule has 0 saturated heterocycles. The number of ketones is 1. The van der Waals surface area contributed by atoms with Gasteiger partial charge in [-0.2, -0.15) is 4.98 Å². The normalized spacial score (nSPS) is 12.4. The van der Waals surface area contributed by atoms with Crippen LogP contribution < -0.4 is 0 Å². The second-order valence-electron chi connectivity index (χ2n) is 3.92. The van der Waals surface area contributed by atoms with Gasteiger partial charge >= 0.3 is 0 Å². The highest BCUT2D eigenvalue weighted by Crippen LogP contribution is 2.28. The van der Waals surface area contributed by atoms with Gasteiger partial charge in [-0.1, -0.05) is 16.8 Å². The Morgan fingerprint density at radius 1 is 1.50 bits per heavy atom. The number of carbonyl (C=O) groups is 1. The van der Waals surface area contributed by atoms with Gasteiger partial charge < -0.3 is 4.52 Å². The van der Waals surface area contributed by atoms with E-state index in [1.165, 1.54) is 6.92 Å². The zero-order valence-corrected chi connectivity index (χ0v) is 12.1. The van der Waals surface area contributed by atoms with Gasteiger partial charge in [-0.05, 0) is 48.0 Å². The fourth-order valence-corrected chi connectivity index (χ4v) is 1.83. The average Bonchev–Trinajstić information content (AvgIpc) is 2.81. The Hall–Kier alpha value is -1.20. The van der Waals surface area contributed by atoms with Crippen LogP contribution >= 0.6 is 27.5 Å². The average molecular weight is 330 g/mol. The van der Waals surface area contributed by atoms with Crippen LogP contribution in [-0.4, -0.2) is 15.9 Å². The maximum atomic E-state index is 11.2. The fourth-order valence-electron chi connectivity index (χ4n) is 1.34. The standard InChI is InChI=1S/C12H10BrClN2O2/c1-6(7(2)17)12-15-11(16-18-12)8-3-4-10(14)9(13)5-8/h3-6H,1-2H3. The van der Waals surface area contributed by atoms with E-state index in [1.807, 2.05) is 0 Å². The molecular weight excluding hydrogens is 320 g/mol. The lowest BCUT2D eigenvalue weighted by atomic mass is 10.1. The van der Waals surface area contributed by atoms with E-state index >= 15 is 0 Å². The van der Waals surface area contributed by atoms with Gasteiger partial charge in [-0.15, -0.1) is 0 Å². The van der Waals surface area contributed by atoms with Gasteiger partial charge in [-0.25, -0.2) is 0 Å². The molecule has 0 aliphatic rings. The fraction of sp³-hybridized carbons (Fsp3) is 0.250. The van der Waals surface area contributed by atoms with E-state index < -0.39 is 0 Å². The van der Waals surface area contributed by atoms with Crippen LogP contribution in [0, 0.1) is 0 Å². The van der Waals surface area contributed by atoms with Crippen molar-refractivity contribution in [1.82, 2.24) is 10.1 Å². The predicted molar refractivity (Wildman–Crippen MR) is 71.5 cm³/mol. The number of carbonyl (C=O) groups excluding carboxylic acids is 1. The molecule has 0 spiro atoms. The predicted octanol–water partition coefficient (Wildman–Crippen LogP) is 3.85. The lowest BCUT2D eigenvalue weighted by Crippen LogP contribution is -2.04. The van der Waals surface area contributed by atoms with E-state index in [2.05, 4.69) is 26.1 Å². The van der Waals surface area contributed by atoms with Crippen LogP contribution in [0.3, 0.4) is 0 Å². The number of Topliss-reactive ketones (excluding diaryl/α,β-unsaturated/α-hetero) is 1. The lowest BCUT2D eigenvalue weighted by Gasteiger charge is -1.99. The number of halogens is 2. The van der Waals surface area contributed by atoms with Gasteiger partial charge in [0.1, 0.15) is 5.78 Å². The smallest absolute Gasteiger partial charge is 0.237 e. The summed E-state index contributed by atoms with van der Waals surface area (Å²) >= 11 is 9.24. The molecule has 1 aromatic carbocycles. The molecule has 0 fully saturated rings. The van der Waals surface area contributed by atoms with E-state index in [1.54, 1.807) is 25.1 Å². The van der Waals surface area contributed by atoms with E-state index in [-0.39, 0.29) is 11.7 Å². The molecule has 1 aromatic heterocycles. The highest BCUT2D eigenvalue weighted by molar-refractivity contribution is 9.10. The summed E-state index contributed by atoms with van der Waals surface area (Å²) in [5.74, 6) is 0.364. The van der Waals surface area contributed by atoms with Crippen LogP contribution in [0.1, 0.15) is 25.7 Å². The van der Waals surface area contributed by atoms with Crippen molar-refractivity contribution in [3.8, 4) is 11.4 Å². The molecule has 0 bridgehead atoms. The summed E-state index contributed by atoms with van der Waals surface area (Å²) in [6, 6.07) is 5.33. The summed E-state index contributed by atoms with van der Waals surface area (Å²) in [5.41, 5.74) is 0.775. The van der Waals surface area contributed by atoms with Crippen molar-refractivity contribution in [3.63, 3.8) is 0 Å². The SMILES string of the molecule is CC(=O)C(C)c1nc(-c2ccc(Cl)c(Br)c2)no1.